The first-order valence-corrected chi connectivity index (χ1v) is 7.04. The molecular weight excluding hydrogens is 266 g/mol. The molecule has 0 saturated heterocycles. The highest BCUT2D eigenvalue weighted by Gasteiger charge is 2.11. The third-order valence-electron chi connectivity index (χ3n) is 3.17. The Bertz CT molecular complexity index is 592. The van der Waals surface area contributed by atoms with Crippen LogP contribution < -0.4 is 10.6 Å². The van der Waals surface area contributed by atoms with E-state index in [1.54, 1.807) is 25.6 Å². The second-order valence-corrected chi connectivity index (χ2v) is 5.13. The maximum absolute atomic E-state index is 12.2. The summed E-state index contributed by atoms with van der Waals surface area (Å²) in [6.45, 7) is 5.38. The van der Waals surface area contributed by atoms with Crippen LogP contribution in [0.4, 0.5) is 5.82 Å². The lowest BCUT2D eigenvalue weighted by molar-refractivity contribution is 0.0952. The van der Waals surface area contributed by atoms with E-state index in [0.29, 0.717) is 24.5 Å². The van der Waals surface area contributed by atoms with Crippen molar-refractivity contribution in [3.8, 4) is 0 Å². The maximum atomic E-state index is 12.2. The summed E-state index contributed by atoms with van der Waals surface area (Å²) in [5, 5.41) is 5.90. The van der Waals surface area contributed by atoms with Gasteiger partial charge in [-0.15, -0.1) is 0 Å². The standard InChI is InChI=1S/C15H21N5O/c1-11(2)13-8-12(9-14(16-3)19-13)15(21)18-5-7-20-6-4-17-10-20/h4,6,8-11H,5,7H2,1-3H3,(H,16,19)(H,18,21). The lowest BCUT2D eigenvalue weighted by atomic mass is 10.1. The van der Waals surface area contributed by atoms with Gasteiger partial charge in [-0.05, 0) is 18.1 Å². The van der Waals surface area contributed by atoms with Gasteiger partial charge in [0, 0.05) is 43.8 Å². The molecule has 0 saturated carbocycles. The highest BCUT2D eigenvalue weighted by Crippen LogP contribution is 2.17. The highest BCUT2D eigenvalue weighted by molar-refractivity contribution is 5.95. The minimum Gasteiger partial charge on any atom is -0.373 e. The molecule has 6 heteroatoms. The smallest absolute Gasteiger partial charge is 0.251 e. The van der Waals surface area contributed by atoms with Crippen LogP contribution in [0.15, 0.2) is 30.9 Å². The summed E-state index contributed by atoms with van der Waals surface area (Å²) in [5.41, 5.74) is 1.53. The average molecular weight is 287 g/mol. The predicted molar refractivity (Wildman–Crippen MR) is 82.4 cm³/mol. The number of rotatable bonds is 6. The monoisotopic (exact) mass is 287 g/mol. The van der Waals surface area contributed by atoms with E-state index < -0.39 is 0 Å². The number of nitrogens with one attached hydrogen (secondary N) is 2. The van der Waals surface area contributed by atoms with Crippen LogP contribution in [-0.4, -0.2) is 34.0 Å². The minimum absolute atomic E-state index is 0.0871. The normalized spacial score (nSPS) is 10.7. The molecule has 0 aliphatic rings. The van der Waals surface area contributed by atoms with Gasteiger partial charge in [0.25, 0.3) is 5.91 Å². The van der Waals surface area contributed by atoms with E-state index in [2.05, 4.69) is 34.4 Å². The van der Waals surface area contributed by atoms with Crippen LogP contribution in [0, 0.1) is 0 Å². The van der Waals surface area contributed by atoms with Gasteiger partial charge in [0.15, 0.2) is 0 Å². The molecule has 0 aliphatic carbocycles. The molecule has 0 spiro atoms. The van der Waals surface area contributed by atoms with Crippen molar-refractivity contribution in [2.75, 3.05) is 18.9 Å². The Labute approximate surface area is 124 Å². The van der Waals surface area contributed by atoms with Gasteiger partial charge in [0.1, 0.15) is 5.82 Å². The van der Waals surface area contributed by atoms with Crippen molar-refractivity contribution in [1.29, 1.82) is 0 Å². The molecule has 6 nitrogen and oxygen atoms in total. The Morgan fingerprint density at radius 3 is 2.81 bits per heavy atom. The topological polar surface area (TPSA) is 71.8 Å². The van der Waals surface area contributed by atoms with E-state index in [0.717, 1.165) is 5.69 Å². The number of imidazole rings is 1. The van der Waals surface area contributed by atoms with Crippen LogP contribution in [0.1, 0.15) is 35.8 Å². The number of carbonyl (C=O) groups is 1. The Morgan fingerprint density at radius 2 is 2.19 bits per heavy atom. The molecule has 2 heterocycles. The first kappa shape index (κ1) is 15.0. The lowest BCUT2D eigenvalue weighted by Crippen LogP contribution is -2.27. The zero-order valence-corrected chi connectivity index (χ0v) is 12.6. The third-order valence-corrected chi connectivity index (χ3v) is 3.17. The Kier molecular flexibility index (Phi) is 4.92. The number of hydrogen-bond donors (Lipinski definition) is 2. The molecule has 2 rings (SSSR count). The van der Waals surface area contributed by atoms with Crippen molar-refractivity contribution in [3.05, 3.63) is 42.1 Å². The number of anilines is 1. The zero-order chi connectivity index (χ0) is 15.2. The van der Waals surface area contributed by atoms with E-state index in [9.17, 15) is 4.79 Å². The van der Waals surface area contributed by atoms with Crippen LogP contribution >= 0.6 is 0 Å². The molecule has 2 aromatic rings. The van der Waals surface area contributed by atoms with Crippen LogP contribution in [-0.2, 0) is 6.54 Å². The summed E-state index contributed by atoms with van der Waals surface area (Å²) < 4.78 is 1.92. The van der Waals surface area contributed by atoms with Crippen LogP contribution in [0.25, 0.3) is 0 Å². The van der Waals surface area contributed by atoms with Gasteiger partial charge in [-0.25, -0.2) is 9.97 Å². The number of pyridine rings is 1. The van der Waals surface area contributed by atoms with E-state index in [-0.39, 0.29) is 11.8 Å². The van der Waals surface area contributed by atoms with Gasteiger partial charge in [-0.2, -0.15) is 0 Å². The van der Waals surface area contributed by atoms with Crippen molar-refractivity contribution in [2.45, 2.75) is 26.3 Å². The van der Waals surface area contributed by atoms with Crippen molar-refractivity contribution >= 4 is 11.7 Å². The van der Waals surface area contributed by atoms with Gasteiger partial charge in [0.2, 0.25) is 0 Å². The van der Waals surface area contributed by atoms with E-state index >= 15 is 0 Å². The lowest BCUT2D eigenvalue weighted by Gasteiger charge is -2.11. The molecule has 0 atom stereocenters. The third kappa shape index (κ3) is 4.05. The van der Waals surface area contributed by atoms with Crippen molar-refractivity contribution in [2.24, 2.45) is 0 Å². The maximum Gasteiger partial charge on any atom is 0.251 e. The summed E-state index contributed by atoms with van der Waals surface area (Å²) in [4.78, 5) is 20.6. The molecule has 0 radical (unpaired) electrons. The molecule has 0 unspecified atom stereocenters. The van der Waals surface area contributed by atoms with Crippen LogP contribution in [0.2, 0.25) is 0 Å². The summed E-state index contributed by atoms with van der Waals surface area (Å²) in [6, 6.07) is 3.61. The van der Waals surface area contributed by atoms with Gasteiger partial charge >= 0.3 is 0 Å². The molecule has 1 amide bonds. The number of nitrogens with zero attached hydrogens (tertiary/aromatic N) is 3. The zero-order valence-electron chi connectivity index (χ0n) is 12.6. The Balaban J connectivity index is 2.02. The second kappa shape index (κ2) is 6.88. The van der Waals surface area contributed by atoms with E-state index in [4.69, 9.17) is 0 Å². The SMILES string of the molecule is CNc1cc(C(=O)NCCn2ccnc2)cc(C(C)C)n1. The molecule has 2 N–H and O–H groups in total. The van der Waals surface area contributed by atoms with Gasteiger partial charge in [-0.1, -0.05) is 13.8 Å². The first-order valence-electron chi connectivity index (χ1n) is 7.04. The highest BCUT2D eigenvalue weighted by atomic mass is 16.1. The molecule has 0 aliphatic heterocycles. The van der Waals surface area contributed by atoms with Crippen LogP contribution in [0.5, 0.6) is 0 Å². The predicted octanol–water partition coefficient (Wildman–Crippen LogP) is 1.87. The van der Waals surface area contributed by atoms with Gasteiger partial charge in [0.05, 0.1) is 6.33 Å². The summed E-state index contributed by atoms with van der Waals surface area (Å²) >= 11 is 0. The van der Waals surface area contributed by atoms with Crippen molar-refractivity contribution < 1.29 is 4.79 Å². The summed E-state index contributed by atoms with van der Waals surface area (Å²) in [7, 11) is 1.80. The molecule has 112 valence electrons. The van der Waals surface area contributed by atoms with E-state index in [1.807, 2.05) is 16.8 Å². The molecule has 2 aromatic heterocycles. The first-order chi connectivity index (χ1) is 10.1. The number of hydrogen-bond acceptors (Lipinski definition) is 4. The number of carbonyl (C=O) groups excluding carboxylic acids is 1. The fourth-order valence-corrected chi connectivity index (χ4v) is 1.93. The fourth-order valence-electron chi connectivity index (χ4n) is 1.93. The molecule has 0 fully saturated rings. The largest absolute Gasteiger partial charge is 0.373 e. The summed E-state index contributed by atoms with van der Waals surface area (Å²) in [6.07, 6.45) is 5.32. The Hall–Kier alpha value is -2.37. The van der Waals surface area contributed by atoms with Crippen molar-refractivity contribution in [3.63, 3.8) is 0 Å². The molecule has 0 bridgehead atoms. The molecular formula is C15H21N5O. The second-order valence-electron chi connectivity index (χ2n) is 5.13. The number of aromatic nitrogens is 3. The van der Waals surface area contributed by atoms with Gasteiger partial charge in [-0.3, -0.25) is 4.79 Å². The Morgan fingerprint density at radius 1 is 1.38 bits per heavy atom. The molecule has 21 heavy (non-hydrogen) atoms. The summed E-state index contributed by atoms with van der Waals surface area (Å²) in [5.74, 6) is 0.896. The number of amides is 1. The van der Waals surface area contributed by atoms with E-state index in [1.165, 1.54) is 0 Å². The quantitative estimate of drug-likeness (QED) is 0.851. The van der Waals surface area contributed by atoms with Crippen molar-refractivity contribution in [1.82, 2.24) is 19.9 Å². The van der Waals surface area contributed by atoms with Gasteiger partial charge < -0.3 is 15.2 Å². The fraction of sp³-hybridized carbons (Fsp3) is 0.400. The minimum atomic E-state index is -0.0871. The molecule has 0 aromatic carbocycles. The van der Waals surface area contributed by atoms with Crippen LogP contribution in [0.3, 0.4) is 0 Å². The average Bonchev–Trinajstić information content (AvgIpc) is 2.99.